The molecule has 31 heavy (non-hydrogen) atoms. The van der Waals surface area contributed by atoms with Crippen molar-refractivity contribution in [3.63, 3.8) is 0 Å². The lowest BCUT2D eigenvalue weighted by molar-refractivity contribution is 0.459. The van der Waals surface area contributed by atoms with Crippen molar-refractivity contribution < 1.29 is 0 Å². The minimum absolute atomic E-state index is 0.412. The zero-order valence-corrected chi connectivity index (χ0v) is 18.3. The van der Waals surface area contributed by atoms with Crippen molar-refractivity contribution in [2.75, 3.05) is 24.5 Å². The first-order valence-corrected chi connectivity index (χ1v) is 11.0. The third-order valence-electron chi connectivity index (χ3n) is 5.50. The molecule has 162 valence electrons. The number of anilines is 1. The second-order valence-corrected chi connectivity index (χ2v) is 7.92. The van der Waals surface area contributed by atoms with Crippen LogP contribution < -0.4 is 15.5 Å². The van der Waals surface area contributed by atoms with Crippen molar-refractivity contribution >= 4 is 11.8 Å². The number of aryl methyl sites for hydroxylation is 1. The zero-order valence-electron chi connectivity index (χ0n) is 18.3. The summed E-state index contributed by atoms with van der Waals surface area (Å²) in [5.41, 5.74) is 3.40. The molecule has 3 heterocycles. The molecule has 0 bridgehead atoms. The molecule has 7 heteroatoms. The van der Waals surface area contributed by atoms with Crippen molar-refractivity contribution in [1.82, 2.24) is 25.4 Å². The van der Waals surface area contributed by atoms with Crippen LogP contribution in [0.15, 0.2) is 66.0 Å². The molecule has 2 aromatic heterocycles. The second kappa shape index (κ2) is 10.1. The van der Waals surface area contributed by atoms with E-state index >= 15 is 0 Å². The Hall–Kier alpha value is -3.35. The first-order valence-electron chi connectivity index (χ1n) is 11.0. The van der Waals surface area contributed by atoms with Crippen LogP contribution in [0.1, 0.15) is 30.9 Å². The minimum Gasteiger partial charge on any atom is -0.357 e. The third kappa shape index (κ3) is 5.63. The number of piperidine rings is 1. The summed E-state index contributed by atoms with van der Waals surface area (Å²) in [5.74, 6) is 1.94. The Bertz CT molecular complexity index is 971. The Kier molecular flexibility index (Phi) is 6.82. The topological polar surface area (TPSA) is 70.4 Å². The van der Waals surface area contributed by atoms with Gasteiger partial charge in [-0.1, -0.05) is 18.2 Å². The maximum Gasteiger partial charge on any atom is 0.191 e. The van der Waals surface area contributed by atoms with Crippen molar-refractivity contribution in [3.05, 3.63) is 72.2 Å². The fourth-order valence-corrected chi connectivity index (χ4v) is 3.80. The number of nitrogens with one attached hydrogen (secondary N) is 2. The predicted molar refractivity (Wildman–Crippen MR) is 126 cm³/mol. The molecular formula is C24H31N7. The molecule has 2 N–H and O–H groups in total. The number of nitrogens with zero attached hydrogens (tertiary/aromatic N) is 5. The number of aliphatic imine (C=N–C) groups is 1. The summed E-state index contributed by atoms with van der Waals surface area (Å²) in [5, 5.41) is 11.3. The van der Waals surface area contributed by atoms with Gasteiger partial charge < -0.3 is 15.5 Å². The molecule has 0 saturated carbocycles. The van der Waals surface area contributed by atoms with Gasteiger partial charge in [0.15, 0.2) is 5.96 Å². The molecule has 1 fully saturated rings. The number of pyridine rings is 1. The van der Waals surface area contributed by atoms with Crippen LogP contribution in [0.5, 0.6) is 0 Å². The number of hydrogen-bond acceptors (Lipinski definition) is 4. The first-order chi connectivity index (χ1) is 15.2. The number of hydrogen-bond donors (Lipinski definition) is 2. The van der Waals surface area contributed by atoms with Crippen LogP contribution in [0, 0.1) is 6.92 Å². The van der Waals surface area contributed by atoms with E-state index < -0.39 is 0 Å². The SMILES string of the molecule is CCNC(=NCc1cccc(-n2cccn2)c1)NC1CCN(c2ccc(C)cn2)CC1. The molecule has 1 aromatic carbocycles. The zero-order chi connectivity index (χ0) is 21.5. The quantitative estimate of drug-likeness (QED) is 0.476. The van der Waals surface area contributed by atoms with E-state index in [-0.39, 0.29) is 0 Å². The average Bonchev–Trinajstić information content (AvgIpc) is 3.34. The van der Waals surface area contributed by atoms with E-state index in [1.807, 2.05) is 23.1 Å². The smallest absolute Gasteiger partial charge is 0.191 e. The van der Waals surface area contributed by atoms with Crippen molar-refractivity contribution in [3.8, 4) is 5.69 Å². The molecule has 0 aliphatic carbocycles. The molecule has 4 rings (SSSR count). The second-order valence-electron chi connectivity index (χ2n) is 7.92. The largest absolute Gasteiger partial charge is 0.357 e. The highest BCUT2D eigenvalue weighted by atomic mass is 15.3. The van der Waals surface area contributed by atoms with Crippen LogP contribution in [-0.4, -0.2) is 46.4 Å². The molecular weight excluding hydrogens is 386 g/mol. The van der Waals surface area contributed by atoms with Crippen molar-refractivity contribution in [1.29, 1.82) is 0 Å². The lowest BCUT2D eigenvalue weighted by Gasteiger charge is -2.33. The average molecular weight is 418 g/mol. The van der Waals surface area contributed by atoms with Gasteiger partial charge in [-0.15, -0.1) is 0 Å². The van der Waals surface area contributed by atoms with Gasteiger partial charge in [-0.2, -0.15) is 5.10 Å². The summed E-state index contributed by atoms with van der Waals surface area (Å²) in [6, 6.07) is 14.9. The number of guanidine groups is 1. The molecule has 0 spiro atoms. The molecule has 7 nitrogen and oxygen atoms in total. The lowest BCUT2D eigenvalue weighted by Crippen LogP contribution is -2.48. The third-order valence-corrected chi connectivity index (χ3v) is 5.50. The van der Waals surface area contributed by atoms with Gasteiger partial charge in [0.1, 0.15) is 5.82 Å². The minimum atomic E-state index is 0.412. The Morgan fingerprint density at radius 1 is 1.16 bits per heavy atom. The van der Waals surface area contributed by atoms with Gasteiger partial charge in [-0.05, 0) is 62.1 Å². The normalized spacial score (nSPS) is 15.2. The molecule has 0 atom stereocenters. The van der Waals surface area contributed by atoms with Crippen LogP contribution in [-0.2, 0) is 6.54 Å². The van der Waals surface area contributed by atoms with Crippen LogP contribution in [0.25, 0.3) is 5.69 Å². The van der Waals surface area contributed by atoms with Gasteiger partial charge in [0, 0.05) is 44.3 Å². The molecule has 1 aliphatic heterocycles. The fraction of sp³-hybridized carbons (Fsp3) is 0.375. The van der Waals surface area contributed by atoms with Crippen LogP contribution >= 0.6 is 0 Å². The predicted octanol–water partition coefficient (Wildman–Crippen LogP) is 3.30. The molecule has 1 saturated heterocycles. The van der Waals surface area contributed by atoms with Crippen molar-refractivity contribution in [2.24, 2.45) is 4.99 Å². The number of benzene rings is 1. The summed E-state index contributed by atoms with van der Waals surface area (Å²) in [4.78, 5) is 11.8. The Balaban J connectivity index is 1.34. The van der Waals surface area contributed by atoms with Gasteiger partial charge in [0.2, 0.25) is 0 Å². The summed E-state index contributed by atoms with van der Waals surface area (Å²) in [7, 11) is 0. The van der Waals surface area contributed by atoms with E-state index in [0.29, 0.717) is 12.6 Å². The monoisotopic (exact) mass is 417 g/mol. The Labute approximate surface area is 184 Å². The fourth-order valence-electron chi connectivity index (χ4n) is 3.80. The molecule has 0 radical (unpaired) electrons. The van der Waals surface area contributed by atoms with Gasteiger partial charge in [0.25, 0.3) is 0 Å². The van der Waals surface area contributed by atoms with E-state index in [1.54, 1.807) is 6.20 Å². The number of rotatable bonds is 6. The van der Waals surface area contributed by atoms with E-state index in [2.05, 4.69) is 75.9 Å². The summed E-state index contributed by atoms with van der Waals surface area (Å²) in [6.45, 7) is 7.63. The van der Waals surface area contributed by atoms with E-state index in [0.717, 1.165) is 55.5 Å². The highest BCUT2D eigenvalue weighted by Gasteiger charge is 2.20. The molecule has 0 amide bonds. The highest BCUT2D eigenvalue weighted by Crippen LogP contribution is 2.18. The van der Waals surface area contributed by atoms with E-state index in [9.17, 15) is 0 Å². The summed E-state index contributed by atoms with van der Waals surface area (Å²) in [6.07, 6.45) is 7.81. The van der Waals surface area contributed by atoms with Crippen LogP contribution in [0.2, 0.25) is 0 Å². The maximum absolute atomic E-state index is 4.83. The summed E-state index contributed by atoms with van der Waals surface area (Å²) < 4.78 is 1.87. The van der Waals surface area contributed by atoms with Gasteiger partial charge >= 0.3 is 0 Å². The van der Waals surface area contributed by atoms with E-state index in [4.69, 9.17) is 4.99 Å². The standard InChI is InChI=1S/C24H31N7/c1-3-25-24(27-18-20-6-4-7-22(16-20)31-13-5-12-28-31)29-21-10-14-30(15-11-21)23-9-8-19(2)17-26-23/h4-9,12-13,16-17,21H,3,10-11,14-15,18H2,1-2H3,(H2,25,27,29). The first kappa shape index (κ1) is 20.9. The maximum atomic E-state index is 4.83. The van der Waals surface area contributed by atoms with Gasteiger partial charge in [-0.3, -0.25) is 0 Å². The highest BCUT2D eigenvalue weighted by molar-refractivity contribution is 5.80. The number of aromatic nitrogens is 3. The van der Waals surface area contributed by atoms with Gasteiger partial charge in [-0.25, -0.2) is 14.7 Å². The van der Waals surface area contributed by atoms with Crippen molar-refractivity contribution in [2.45, 2.75) is 39.3 Å². The summed E-state index contributed by atoms with van der Waals surface area (Å²) >= 11 is 0. The van der Waals surface area contributed by atoms with Crippen LogP contribution in [0.3, 0.4) is 0 Å². The molecule has 3 aromatic rings. The van der Waals surface area contributed by atoms with Gasteiger partial charge in [0.05, 0.1) is 12.2 Å². The lowest BCUT2D eigenvalue weighted by atomic mass is 10.1. The Morgan fingerprint density at radius 3 is 2.74 bits per heavy atom. The Morgan fingerprint density at radius 2 is 2.03 bits per heavy atom. The molecule has 1 aliphatic rings. The molecule has 0 unspecified atom stereocenters. The van der Waals surface area contributed by atoms with Crippen LogP contribution in [0.4, 0.5) is 5.82 Å². The van der Waals surface area contributed by atoms with E-state index in [1.165, 1.54) is 5.56 Å².